The quantitative estimate of drug-likeness (QED) is 0.716. The van der Waals surface area contributed by atoms with Gasteiger partial charge in [-0.15, -0.1) is 0 Å². The van der Waals surface area contributed by atoms with Gasteiger partial charge < -0.3 is 5.11 Å². The monoisotopic (exact) mass is 254 g/mol. The minimum atomic E-state index is -0.115. The molecule has 0 saturated carbocycles. The molecule has 106 valence electrons. The predicted octanol–water partition coefficient (Wildman–Crippen LogP) is 1.95. The van der Waals surface area contributed by atoms with Crippen LogP contribution in [0.4, 0.5) is 0 Å². The fourth-order valence-electron chi connectivity index (χ4n) is 3.53. The average molecular weight is 254 g/mol. The number of aliphatic hydroxyl groups excluding tert-OH is 1. The summed E-state index contributed by atoms with van der Waals surface area (Å²) in [5.74, 6) is 0. The molecule has 2 saturated heterocycles. The number of hydrogen-bond donors (Lipinski definition) is 1. The van der Waals surface area contributed by atoms with E-state index in [9.17, 15) is 5.11 Å². The van der Waals surface area contributed by atoms with Crippen molar-refractivity contribution in [3.63, 3.8) is 0 Å². The van der Waals surface area contributed by atoms with E-state index in [0.717, 1.165) is 26.1 Å². The molecule has 3 atom stereocenters. The zero-order chi connectivity index (χ0) is 13.7. The Morgan fingerprint density at radius 2 is 1.56 bits per heavy atom. The van der Waals surface area contributed by atoms with Gasteiger partial charge in [-0.1, -0.05) is 20.8 Å². The Hall–Kier alpha value is -0.120. The molecule has 0 aromatic rings. The second-order valence-corrected chi connectivity index (χ2v) is 8.20. The van der Waals surface area contributed by atoms with E-state index in [-0.39, 0.29) is 17.1 Å². The highest BCUT2D eigenvalue weighted by Crippen LogP contribution is 2.36. The zero-order valence-electron chi connectivity index (χ0n) is 12.9. The van der Waals surface area contributed by atoms with Crippen LogP contribution in [0.2, 0.25) is 0 Å². The lowest BCUT2D eigenvalue weighted by Crippen LogP contribution is -2.64. The van der Waals surface area contributed by atoms with Crippen LogP contribution in [0.25, 0.3) is 0 Å². The highest BCUT2D eigenvalue weighted by molar-refractivity contribution is 5.01. The van der Waals surface area contributed by atoms with E-state index in [2.05, 4.69) is 51.3 Å². The van der Waals surface area contributed by atoms with Crippen molar-refractivity contribution in [2.75, 3.05) is 19.6 Å². The van der Waals surface area contributed by atoms with Crippen molar-refractivity contribution in [3.8, 4) is 0 Å². The minimum absolute atomic E-state index is 0.115. The normalized spacial score (nSPS) is 35.8. The van der Waals surface area contributed by atoms with Crippen LogP contribution < -0.4 is 0 Å². The van der Waals surface area contributed by atoms with Gasteiger partial charge in [0, 0.05) is 37.3 Å². The lowest BCUT2D eigenvalue weighted by atomic mass is 9.81. The highest BCUT2D eigenvalue weighted by atomic mass is 16.3. The molecule has 0 bridgehead atoms. The molecule has 0 aromatic heterocycles. The topological polar surface area (TPSA) is 26.7 Å². The second-order valence-electron chi connectivity index (χ2n) is 8.20. The molecule has 0 spiro atoms. The first-order valence-corrected chi connectivity index (χ1v) is 7.28. The molecular weight excluding hydrogens is 224 g/mol. The van der Waals surface area contributed by atoms with Gasteiger partial charge in [0.1, 0.15) is 0 Å². The first kappa shape index (κ1) is 14.3. The Bertz CT molecular complexity index is 273. The van der Waals surface area contributed by atoms with Crippen molar-refractivity contribution < 1.29 is 5.11 Å². The molecule has 2 aliphatic heterocycles. The van der Waals surface area contributed by atoms with Crippen molar-refractivity contribution in [1.82, 2.24) is 9.80 Å². The van der Waals surface area contributed by atoms with Gasteiger partial charge >= 0.3 is 0 Å². The summed E-state index contributed by atoms with van der Waals surface area (Å²) in [7, 11) is 0. The molecule has 3 nitrogen and oxygen atoms in total. The van der Waals surface area contributed by atoms with Crippen molar-refractivity contribution in [2.24, 2.45) is 5.41 Å². The SMILES string of the molecule is CC(C)(C)C1CN2CC(O)CC2CN1C(C)(C)C. The molecule has 0 radical (unpaired) electrons. The molecule has 2 fully saturated rings. The van der Waals surface area contributed by atoms with Crippen LogP contribution in [0.3, 0.4) is 0 Å². The van der Waals surface area contributed by atoms with Crippen LogP contribution in [-0.2, 0) is 0 Å². The van der Waals surface area contributed by atoms with Gasteiger partial charge in [0.05, 0.1) is 6.10 Å². The number of aliphatic hydroxyl groups is 1. The fraction of sp³-hybridized carbons (Fsp3) is 1.00. The summed E-state index contributed by atoms with van der Waals surface area (Å²) in [4.78, 5) is 5.16. The maximum Gasteiger partial charge on any atom is 0.0682 e. The molecule has 2 aliphatic rings. The smallest absolute Gasteiger partial charge is 0.0682 e. The summed E-state index contributed by atoms with van der Waals surface area (Å²) in [5, 5.41) is 9.88. The summed E-state index contributed by atoms with van der Waals surface area (Å²) >= 11 is 0. The van der Waals surface area contributed by atoms with Crippen LogP contribution in [0.1, 0.15) is 48.0 Å². The molecule has 1 N–H and O–H groups in total. The van der Waals surface area contributed by atoms with Gasteiger partial charge in [-0.05, 0) is 32.6 Å². The average Bonchev–Trinajstić information content (AvgIpc) is 2.52. The lowest BCUT2D eigenvalue weighted by Gasteiger charge is -2.54. The summed E-state index contributed by atoms with van der Waals surface area (Å²) < 4.78 is 0. The van der Waals surface area contributed by atoms with Gasteiger partial charge in [-0.25, -0.2) is 0 Å². The van der Waals surface area contributed by atoms with E-state index in [1.54, 1.807) is 0 Å². The maximum atomic E-state index is 9.88. The Morgan fingerprint density at radius 3 is 2.06 bits per heavy atom. The van der Waals surface area contributed by atoms with Gasteiger partial charge in [-0.3, -0.25) is 9.80 Å². The maximum absolute atomic E-state index is 9.88. The van der Waals surface area contributed by atoms with Gasteiger partial charge in [0.15, 0.2) is 0 Å². The van der Waals surface area contributed by atoms with Crippen LogP contribution in [0.15, 0.2) is 0 Å². The van der Waals surface area contributed by atoms with E-state index in [4.69, 9.17) is 0 Å². The van der Waals surface area contributed by atoms with Gasteiger partial charge in [0.2, 0.25) is 0 Å². The predicted molar refractivity (Wildman–Crippen MR) is 75.7 cm³/mol. The summed E-state index contributed by atoms with van der Waals surface area (Å²) in [5.41, 5.74) is 0.489. The lowest BCUT2D eigenvalue weighted by molar-refractivity contribution is -0.0508. The van der Waals surface area contributed by atoms with E-state index >= 15 is 0 Å². The van der Waals surface area contributed by atoms with E-state index in [1.807, 2.05) is 0 Å². The van der Waals surface area contributed by atoms with Gasteiger partial charge in [-0.2, -0.15) is 0 Å². The van der Waals surface area contributed by atoms with Crippen molar-refractivity contribution in [2.45, 2.75) is 71.7 Å². The van der Waals surface area contributed by atoms with E-state index in [1.165, 1.54) is 0 Å². The first-order valence-electron chi connectivity index (χ1n) is 7.28. The number of rotatable bonds is 0. The third-order valence-electron chi connectivity index (χ3n) is 4.56. The Balaban J connectivity index is 2.21. The van der Waals surface area contributed by atoms with Crippen molar-refractivity contribution in [3.05, 3.63) is 0 Å². The van der Waals surface area contributed by atoms with Crippen LogP contribution >= 0.6 is 0 Å². The molecular formula is C15H30N2O. The largest absolute Gasteiger partial charge is 0.392 e. The first-order chi connectivity index (χ1) is 8.09. The van der Waals surface area contributed by atoms with Gasteiger partial charge in [0.25, 0.3) is 0 Å². The fourth-order valence-corrected chi connectivity index (χ4v) is 3.53. The molecule has 0 aromatic carbocycles. The van der Waals surface area contributed by atoms with Crippen LogP contribution in [0, 0.1) is 5.41 Å². The molecule has 3 heteroatoms. The number of nitrogens with zero attached hydrogens (tertiary/aromatic N) is 2. The standard InChI is InChI=1S/C15H30N2O/c1-14(2,3)13-10-16-9-12(18)7-11(16)8-17(13)15(4,5)6/h11-13,18H,7-10H2,1-6H3. The highest BCUT2D eigenvalue weighted by Gasteiger charge is 2.46. The summed E-state index contributed by atoms with van der Waals surface area (Å²) in [6.07, 6.45) is 0.833. The van der Waals surface area contributed by atoms with Crippen LogP contribution in [0.5, 0.6) is 0 Å². The Labute approximate surface area is 112 Å². The summed E-state index contributed by atoms with van der Waals surface area (Å²) in [6.45, 7) is 17.0. The summed E-state index contributed by atoms with van der Waals surface area (Å²) in [6, 6.07) is 1.12. The number of hydrogen-bond acceptors (Lipinski definition) is 3. The van der Waals surface area contributed by atoms with Crippen LogP contribution in [-0.4, -0.2) is 58.3 Å². The second kappa shape index (κ2) is 4.46. The molecule has 2 rings (SSSR count). The van der Waals surface area contributed by atoms with E-state index < -0.39 is 0 Å². The molecule has 2 heterocycles. The molecule has 0 amide bonds. The minimum Gasteiger partial charge on any atom is -0.392 e. The van der Waals surface area contributed by atoms with Crippen molar-refractivity contribution >= 4 is 0 Å². The van der Waals surface area contributed by atoms with Crippen molar-refractivity contribution in [1.29, 1.82) is 0 Å². The number of fused-ring (bicyclic) bond motifs is 1. The molecule has 18 heavy (non-hydrogen) atoms. The third-order valence-corrected chi connectivity index (χ3v) is 4.56. The van der Waals surface area contributed by atoms with E-state index in [0.29, 0.717) is 12.1 Å². The zero-order valence-corrected chi connectivity index (χ0v) is 12.9. The number of piperazine rings is 1. The molecule has 3 unspecified atom stereocenters. The Morgan fingerprint density at radius 1 is 0.944 bits per heavy atom. The Kier molecular flexibility index (Phi) is 3.54. The molecule has 0 aliphatic carbocycles. The third kappa shape index (κ3) is 2.73.